The van der Waals surface area contributed by atoms with Gasteiger partial charge in [-0.1, -0.05) is 0 Å². The maximum Gasteiger partial charge on any atom is 0.226 e. The number of halogens is 1. The Labute approximate surface area is 113 Å². The van der Waals surface area contributed by atoms with Crippen LogP contribution in [0.3, 0.4) is 0 Å². The van der Waals surface area contributed by atoms with Crippen LogP contribution in [-0.4, -0.2) is 41.3 Å². The van der Waals surface area contributed by atoms with Crippen LogP contribution < -0.4 is 4.90 Å². The van der Waals surface area contributed by atoms with Gasteiger partial charge < -0.3 is 9.64 Å². The van der Waals surface area contributed by atoms with Crippen molar-refractivity contribution in [3.8, 4) is 0 Å². The van der Waals surface area contributed by atoms with Crippen LogP contribution in [0.4, 0.5) is 11.5 Å². The van der Waals surface area contributed by atoms with Crippen molar-refractivity contribution in [2.75, 3.05) is 31.2 Å². The monoisotopic (exact) mass is 279 g/mol. The summed E-state index contributed by atoms with van der Waals surface area (Å²) in [6.45, 7) is 2.67. The smallest absolute Gasteiger partial charge is 0.226 e. The van der Waals surface area contributed by atoms with Crippen LogP contribution >= 0.6 is 11.6 Å². The molecule has 0 spiro atoms. The molecule has 0 aromatic carbocycles. The van der Waals surface area contributed by atoms with Crippen LogP contribution in [0.1, 0.15) is 0 Å². The van der Waals surface area contributed by atoms with Gasteiger partial charge in [-0.05, 0) is 22.8 Å². The van der Waals surface area contributed by atoms with E-state index in [2.05, 4.69) is 20.1 Å². The molecule has 0 aliphatic carbocycles. The van der Waals surface area contributed by atoms with E-state index in [1.807, 2.05) is 4.90 Å². The van der Waals surface area contributed by atoms with E-state index < -0.39 is 0 Å². The summed E-state index contributed by atoms with van der Waals surface area (Å²) in [6.07, 6.45) is 1.36. The lowest BCUT2D eigenvalue weighted by molar-refractivity contribution is 0.122. The molecule has 3 heterocycles. The molecule has 0 radical (unpaired) electrons. The minimum absolute atomic E-state index is 0.133. The van der Waals surface area contributed by atoms with E-state index in [-0.39, 0.29) is 11.0 Å². The standard InChI is InChI=1S/C11H10ClN5O2/c12-11-14-9-8(5-7(16-18)6-13-9)10(15-11)17-1-3-19-4-2-17/h5-6H,1-4H2. The average molecular weight is 280 g/mol. The highest BCUT2D eigenvalue weighted by molar-refractivity contribution is 6.28. The van der Waals surface area contributed by atoms with Crippen molar-refractivity contribution >= 4 is 34.1 Å². The van der Waals surface area contributed by atoms with Crippen LogP contribution in [0.15, 0.2) is 17.4 Å². The van der Waals surface area contributed by atoms with Crippen molar-refractivity contribution in [1.29, 1.82) is 0 Å². The Bertz CT molecular complexity index is 630. The minimum Gasteiger partial charge on any atom is -0.378 e. The molecule has 1 fully saturated rings. The molecule has 19 heavy (non-hydrogen) atoms. The number of pyridine rings is 1. The molecule has 0 unspecified atom stereocenters. The lowest BCUT2D eigenvalue weighted by Crippen LogP contribution is -2.37. The number of anilines is 1. The largest absolute Gasteiger partial charge is 0.378 e. The van der Waals surface area contributed by atoms with E-state index >= 15 is 0 Å². The van der Waals surface area contributed by atoms with Crippen molar-refractivity contribution in [3.05, 3.63) is 22.5 Å². The summed E-state index contributed by atoms with van der Waals surface area (Å²) in [5.41, 5.74) is 0.696. The Balaban J connectivity index is 2.16. The first-order valence-electron chi connectivity index (χ1n) is 5.77. The maximum atomic E-state index is 10.6. The van der Waals surface area contributed by atoms with Gasteiger partial charge in [-0.25, -0.2) is 4.98 Å². The molecule has 0 atom stereocenters. The summed E-state index contributed by atoms with van der Waals surface area (Å²) in [6, 6.07) is 1.62. The van der Waals surface area contributed by atoms with Gasteiger partial charge in [-0.2, -0.15) is 9.97 Å². The van der Waals surface area contributed by atoms with E-state index in [4.69, 9.17) is 16.3 Å². The van der Waals surface area contributed by atoms with Crippen LogP contribution in [0, 0.1) is 4.91 Å². The van der Waals surface area contributed by atoms with Gasteiger partial charge in [0, 0.05) is 13.1 Å². The molecule has 1 aliphatic rings. The second kappa shape index (κ2) is 5.02. The normalized spacial score (nSPS) is 15.7. The molecule has 0 bridgehead atoms. The predicted molar refractivity (Wildman–Crippen MR) is 70.8 cm³/mol. The first kappa shape index (κ1) is 12.2. The fourth-order valence-electron chi connectivity index (χ4n) is 2.03. The van der Waals surface area contributed by atoms with E-state index in [1.54, 1.807) is 6.07 Å². The molecular formula is C11H10ClN5O2. The summed E-state index contributed by atoms with van der Waals surface area (Å²) >= 11 is 5.91. The summed E-state index contributed by atoms with van der Waals surface area (Å²) in [5, 5.41) is 3.69. The molecular weight excluding hydrogens is 270 g/mol. The Morgan fingerprint density at radius 3 is 2.84 bits per heavy atom. The number of hydrogen-bond donors (Lipinski definition) is 0. The maximum absolute atomic E-state index is 10.6. The van der Waals surface area contributed by atoms with Gasteiger partial charge in [0.2, 0.25) is 5.28 Å². The lowest BCUT2D eigenvalue weighted by atomic mass is 10.2. The van der Waals surface area contributed by atoms with Gasteiger partial charge in [0.1, 0.15) is 11.5 Å². The molecule has 1 saturated heterocycles. The fourth-order valence-corrected chi connectivity index (χ4v) is 2.19. The van der Waals surface area contributed by atoms with E-state index in [9.17, 15) is 4.91 Å². The highest BCUT2D eigenvalue weighted by atomic mass is 35.5. The van der Waals surface area contributed by atoms with Crippen LogP contribution in [0.25, 0.3) is 11.0 Å². The number of aromatic nitrogens is 3. The highest BCUT2D eigenvalue weighted by Gasteiger charge is 2.18. The SMILES string of the molecule is O=Nc1cnc2nc(Cl)nc(N3CCOCC3)c2c1. The number of fused-ring (bicyclic) bond motifs is 1. The summed E-state index contributed by atoms with van der Waals surface area (Å²) in [4.78, 5) is 25.0. The van der Waals surface area contributed by atoms with Crippen LogP contribution in [0.5, 0.6) is 0 Å². The zero-order valence-corrected chi connectivity index (χ0v) is 10.7. The topological polar surface area (TPSA) is 80.6 Å². The van der Waals surface area contributed by atoms with Crippen molar-refractivity contribution in [3.63, 3.8) is 0 Å². The van der Waals surface area contributed by atoms with E-state index in [1.165, 1.54) is 6.20 Å². The van der Waals surface area contributed by atoms with Gasteiger partial charge >= 0.3 is 0 Å². The average Bonchev–Trinajstić information content (AvgIpc) is 2.47. The Hall–Kier alpha value is -1.86. The zero-order valence-electron chi connectivity index (χ0n) is 9.91. The molecule has 0 amide bonds. The fraction of sp³-hybridized carbons (Fsp3) is 0.364. The van der Waals surface area contributed by atoms with Gasteiger partial charge in [0.05, 0.1) is 24.8 Å². The van der Waals surface area contributed by atoms with Crippen LogP contribution in [0.2, 0.25) is 5.28 Å². The van der Waals surface area contributed by atoms with Crippen LogP contribution in [-0.2, 0) is 4.74 Å². The van der Waals surface area contributed by atoms with Gasteiger partial charge in [-0.3, -0.25) is 0 Å². The zero-order chi connectivity index (χ0) is 13.2. The van der Waals surface area contributed by atoms with Crippen molar-refractivity contribution < 1.29 is 4.74 Å². The van der Waals surface area contributed by atoms with Gasteiger partial charge in [0.25, 0.3) is 0 Å². The highest BCUT2D eigenvalue weighted by Crippen LogP contribution is 2.27. The predicted octanol–water partition coefficient (Wildman–Crippen LogP) is 1.91. The lowest BCUT2D eigenvalue weighted by Gasteiger charge is -2.28. The second-order valence-electron chi connectivity index (χ2n) is 4.07. The Morgan fingerprint density at radius 1 is 1.32 bits per heavy atom. The molecule has 98 valence electrons. The third-order valence-electron chi connectivity index (χ3n) is 2.91. The van der Waals surface area contributed by atoms with Gasteiger partial charge in [-0.15, -0.1) is 4.91 Å². The number of nitrogens with zero attached hydrogens (tertiary/aromatic N) is 5. The first-order valence-corrected chi connectivity index (χ1v) is 6.15. The summed E-state index contributed by atoms with van der Waals surface area (Å²) in [7, 11) is 0. The molecule has 3 rings (SSSR count). The minimum atomic E-state index is 0.133. The number of hydrogen-bond acceptors (Lipinski definition) is 7. The third-order valence-corrected chi connectivity index (χ3v) is 3.07. The van der Waals surface area contributed by atoms with Crippen molar-refractivity contribution in [2.45, 2.75) is 0 Å². The number of morpholine rings is 1. The molecule has 2 aromatic rings. The quantitative estimate of drug-likeness (QED) is 0.617. The van der Waals surface area contributed by atoms with Crippen molar-refractivity contribution in [2.24, 2.45) is 5.18 Å². The molecule has 0 N–H and O–H groups in total. The molecule has 8 heteroatoms. The molecule has 1 aliphatic heterocycles. The van der Waals surface area contributed by atoms with Crippen molar-refractivity contribution in [1.82, 2.24) is 15.0 Å². The number of rotatable bonds is 2. The Morgan fingerprint density at radius 2 is 2.11 bits per heavy atom. The van der Waals surface area contributed by atoms with Gasteiger partial charge in [0.15, 0.2) is 5.65 Å². The molecule has 7 nitrogen and oxygen atoms in total. The molecule has 0 saturated carbocycles. The summed E-state index contributed by atoms with van der Waals surface area (Å²) in [5.74, 6) is 0.663. The second-order valence-corrected chi connectivity index (χ2v) is 4.41. The third kappa shape index (κ3) is 2.34. The summed E-state index contributed by atoms with van der Waals surface area (Å²) < 4.78 is 5.31. The molecule has 2 aromatic heterocycles. The Kier molecular flexibility index (Phi) is 3.22. The number of ether oxygens (including phenoxy) is 1. The van der Waals surface area contributed by atoms with E-state index in [0.717, 1.165) is 0 Å². The first-order chi connectivity index (χ1) is 9.28. The number of nitroso groups, excluding NO2 is 1. The van der Waals surface area contributed by atoms with E-state index in [0.29, 0.717) is 43.2 Å².